The smallest absolute Gasteiger partial charge is 0.126 e. The summed E-state index contributed by atoms with van der Waals surface area (Å²) in [5.41, 5.74) is 0. The largest absolute Gasteiger partial charge is 0.385 e. The van der Waals surface area contributed by atoms with Crippen LogP contribution < -0.4 is 0 Å². The topological polar surface area (TPSA) is 29.5 Å². The molecular weight excluding hydrogens is 334 g/mol. The number of hydrogen-bond acceptors (Lipinski definition) is 2. The summed E-state index contributed by atoms with van der Waals surface area (Å²) in [6.07, 6.45) is 20.8. The molecule has 0 fully saturated rings. The fourth-order valence-electron chi connectivity index (χ4n) is 3.67. The highest BCUT2D eigenvalue weighted by atomic mass is 16.5. The zero-order chi connectivity index (χ0) is 20.2. The number of ether oxygens (including phenoxy) is 1. The zero-order valence-electron chi connectivity index (χ0n) is 18.9. The molecule has 0 saturated heterocycles. The van der Waals surface area contributed by atoms with Crippen LogP contribution in [0.25, 0.3) is 0 Å². The lowest BCUT2D eigenvalue weighted by Crippen LogP contribution is -2.46. The number of nitrogens with zero attached hydrogens (tertiary/aromatic N) is 1. The minimum absolute atomic E-state index is 0.383. The Labute approximate surface area is 170 Å². The number of rotatable bonds is 21. The minimum atomic E-state index is -0.383. The molecule has 3 heteroatoms. The van der Waals surface area contributed by atoms with Crippen LogP contribution in [-0.4, -0.2) is 56.1 Å². The van der Waals surface area contributed by atoms with Gasteiger partial charge in [0.25, 0.3) is 0 Å². The number of unbranched alkanes of at least 4 members (excludes halogenated alkanes) is 13. The molecule has 3 nitrogen and oxygen atoms in total. The first-order valence-electron chi connectivity index (χ1n) is 11.7. The first-order chi connectivity index (χ1) is 13.0. The molecule has 1 N–H and O–H groups in total. The minimum Gasteiger partial charge on any atom is -0.385 e. The maximum Gasteiger partial charge on any atom is 0.126 e. The van der Waals surface area contributed by atoms with E-state index in [0.29, 0.717) is 13.2 Å². The molecule has 0 aromatic carbocycles. The van der Waals surface area contributed by atoms with Crippen molar-refractivity contribution in [1.82, 2.24) is 0 Å². The van der Waals surface area contributed by atoms with E-state index in [1.54, 1.807) is 0 Å². The molecule has 0 aromatic rings. The lowest BCUT2D eigenvalue weighted by Gasteiger charge is -2.30. The number of quaternary nitrogens is 1. The molecule has 0 bridgehead atoms. The van der Waals surface area contributed by atoms with Crippen molar-refractivity contribution >= 4 is 0 Å². The Balaban J connectivity index is 3.24. The summed E-state index contributed by atoms with van der Waals surface area (Å²) < 4.78 is 6.40. The summed E-state index contributed by atoms with van der Waals surface area (Å²) in [7, 11) is 4.22. The van der Waals surface area contributed by atoms with Gasteiger partial charge in [-0.3, -0.25) is 0 Å². The zero-order valence-corrected chi connectivity index (χ0v) is 18.9. The van der Waals surface area contributed by atoms with Gasteiger partial charge < -0.3 is 14.3 Å². The van der Waals surface area contributed by atoms with Crippen LogP contribution in [-0.2, 0) is 4.74 Å². The van der Waals surface area contributed by atoms with Gasteiger partial charge in [0.1, 0.15) is 12.6 Å². The Kier molecular flexibility index (Phi) is 18.7. The summed E-state index contributed by atoms with van der Waals surface area (Å²) in [6.45, 7) is 8.88. The van der Waals surface area contributed by atoms with Crippen LogP contribution in [0.5, 0.6) is 0 Å². The Morgan fingerprint density at radius 3 is 1.70 bits per heavy atom. The van der Waals surface area contributed by atoms with Gasteiger partial charge in [0.2, 0.25) is 0 Å². The molecule has 0 amide bonds. The Bertz CT molecular complexity index is 318. The summed E-state index contributed by atoms with van der Waals surface area (Å²) in [6, 6.07) is 0. The van der Waals surface area contributed by atoms with Gasteiger partial charge in [0, 0.05) is 6.61 Å². The second kappa shape index (κ2) is 19.0. The molecule has 0 aliphatic carbocycles. The molecule has 0 aliphatic rings. The van der Waals surface area contributed by atoms with Crippen LogP contribution in [0, 0.1) is 0 Å². The summed E-state index contributed by atoms with van der Waals surface area (Å²) in [4.78, 5) is 0. The van der Waals surface area contributed by atoms with Crippen LogP contribution in [0.3, 0.4) is 0 Å². The van der Waals surface area contributed by atoms with Gasteiger partial charge in [-0.05, 0) is 12.5 Å². The predicted octanol–water partition coefficient (Wildman–Crippen LogP) is 6.11. The number of likely N-dealkylation sites (N-methyl/N-ethyl adjacent to an activating group) is 1. The van der Waals surface area contributed by atoms with E-state index in [9.17, 15) is 5.11 Å². The lowest BCUT2D eigenvalue weighted by molar-refractivity contribution is -0.887. The molecule has 0 rings (SSSR count). The van der Waals surface area contributed by atoms with E-state index in [1.807, 2.05) is 6.08 Å². The van der Waals surface area contributed by atoms with E-state index in [2.05, 4.69) is 27.6 Å². The van der Waals surface area contributed by atoms with Crippen molar-refractivity contribution in [1.29, 1.82) is 0 Å². The third-order valence-corrected chi connectivity index (χ3v) is 5.28. The molecule has 1 atom stereocenters. The summed E-state index contributed by atoms with van der Waals surface area (Å²) >= 11 is 0. The Morgan fingerprint density at radius 1 is 0.815 bits per heavy atom. The van der Waals surface area contributed by atoms with Gasteiger partial charge in [-0.2, -0.15) is 0 Å². The summed E-state index contributed by atoms with van der Waals surface area (Å²) in [5, 5.41) is 10.1. The lowest BCUT2D eigenvalue weighted by atomic mass is 10.0. The van der Waals surface area contributed by atoms with Crippen LogP contribution in [0.1, 0.15) is 96.8 Å². The van der Waals surface area contributed by atoms with Gasteiger partial charge in [-0.1, -0.05) is 97.0 Å². The predicted molar refractivity (Wildman–Crippen MR) is 119 cm³/mol. The van der Waals surface area contributed by atoms with E-state index in [-0.39, 0.29) is 6.10 Å². The third-order valence-electron chi connectivity index (χ3n) is 5.28. The highest BCUT2D eigenvalue weighted by molar-refractivity contribution is 4.65. The monoisotopic (exact) mass is 384 g/mol. The van der Waals surface area contributed by atoms with E-state index in [0.717, 1.165) is 24.1 Å². The Morgan fingerprint density at radius 2 is 1.26 bits per heavy atom. The second-order valence-corrected chi connectivity index (χ2v) is 8.91. The maximum absolute atomic E-state index is 10.1. The quantitative estimate of drug-likeness (QED) is 0.147. The molecule has 162 valence electrons. The van der Waals surface area contributed by atoms with Gasteiger partial charge in [-0.25, -0.2) is 0 Å². The molecule has 0 aromatic heterocycles. The van der Waals surface area contributed by atoms with E-state index in [4.69, 9.17) is 4.74 Å². The van der Waals surface area contributed by atoms with Crippen molar-refractivity contribution in [3.8, 4) is 0 Å². The van der Waals surface area contributed by atoms with Crippen molar-refractivity contribution in [2.75, 3.05) is 40.4 Å². The number of aliphatic hydroxyl groups is 1. The highest BCUT2D eigenvalue weighted by Crippen LogP contribution is 2.13. The molecule has 0 aliphatic heterocycles. The third kappa shape index (κ3) is 20.2. The van der Waals surface area contributed by atoms with Crippen molar-refractivity contribution < 1.29 is 14.3 Å². The van der Waals surface area contributed by atoms with Crippen molar-refractivity contribution in [2.24, 2.45) is 0 Å². The van der Waals surface area contributed by atoms with Crippen molar-refractivity contribution in [2.45, 2.75) is 103 Å². The van der Waals surface area contributed by atoms with Gasteiger partial charge in [-0.15, -0.1) is 0 Å². The van der Waals surface area contributed by atoms with E-state index >= 15 is 0 Å². The van der Waals surface area contributed by atoms with Crippen LogP contribution in [0.2, 0.25) is 0 Å². The molecule has 0 saturated carbocycles. The normalized spacial score (nSPS) is 13.0. The van der Waals surface area contributed by atoms with Crippen LogP contribution in [0.15, 0.2) is 12.7 Å². The fourth-order valence-corrected chi connectivity index (χ4v) is 3.67. The number of aliphatic hydroxyl groups excluding tert-OH is 1. The molecular formula is C24H50NO2+. The van der Waals surface area contributed by atoms with Gasteiger partial charge >= 0.3 is 0 Å². The van der Waals surface area contributed by atoms with E-state index in [1.165, 1.54) is 83.5 Å². The average Bonchev–Trinajstić information content (AvgIpc) is 2.60. The first kappa shape index (κ1) is 26.6. The second-order valence-electron chi connectivity index (χ2n) is 8.91. The molecule has 0 heterocycles. The van der Waals surface area contributed by atoms with Gasteiger partial charge in [0.15, 0.2) is 0 Å². The highest BCUT2D eigenvalue weighted by Gasteiger charge is 2.18. The first-order valence-corrected chi connectivity index (χ1v) is 11.7. The van der Waals surface area contributed by atoms with Crippen molar-refractivity contribution in [3.63, 3.8) is 0 Å². The molecule has 0 spiro atoms. The van der Waals surface area contributed by atoms with Crippen LogP contribution in [0.4, 0.5) is 0 Å². The molecule has 27 heavy (non-hydrogen) atoms. The molecule has 0 radical (unpaired) electrons. The average molecular weight is 385 g/mol. The SMILES string of the molecule is C=CC[N+](C)(C)CC(O)COCCCCCCCCCCCCCCCC. The summed E-state index contributed by atoms with van der Waals surface area (Å²) in [5.74, 6) is 0. The van der Waals surface area contributed by atoms with Gasteiger partial charge in [0.05, 0.1) is 27.2 Å². The van der Waals surface area contributed by atoms with E-state index < -0.39 is 0 Å². The Hall–Kier alpha value is -0.380. The fraction of sp³-hybridized carbons (Fsp3) is 0.917. The van der Waals surface area contributed by atoms with Crippen LogP contribution >= 0.6 is 0 Å². The molecule has 1 unspecified atom stereocenters. The van der Waals surface area contributed by atoms with Crippen molar-refractivity contribution in [3.05, 3.63) is 12.7 Å². The maximum atomic E-state index is 10.1. The standard InChI is InChI=1S/C24H50NO2/c1-5-7-8-9-10-11-12-13-14-15-16-17-18-19-21-27-23-24(26)22-25(3,4)20-6-2/h6,24,26H,2,5,7-23H2,1,3-4H3/q+1. The number of hydrogen-bond donors (Lipinski definition) is 1.